The number of ether oxygens (including phenoxy) is 2. The van der Waals surface area contributed by atoms with Gasteiger partial charge >= 0.3 is 0 Å². The van der Waals surface area contributed by atoms with Gasteiger partial charge in [-0.25, -0.2) is 8.42 Å². The summed E-state index contributed by atoms with van der Waals surface area (Å²) in [7, 11) is -1.87. The van der Waals surface area contributed by atoms with Gasteiger partial charge in [0.05, 0.1) is 25.7 Å². The summed E-state index contributed by atoms with van der Waals surface area (Å²) in [5.41, 5.74) is 3.51. The van der Waals surface area contributed by atoms with Crippen molar-refractivity contribution in [1.29, 1.82) is 0 Å². The first-order chi connectivity index (χ1) is 14.6. The van der Waals surface area contributed by atoms with Gasteiger partial charge in [0.1, 0.15) is 0 Å². The number of rotatable bonds is 11. The molecule has 0 aliphatic heterocycles. The third-order valence-corrected chi connectivity index (χ3v) is 5.87. The summed E-state index contributed by atoms with van der Waals surface area (Å²) in [6, 6.07) is 11.2. The quantitative estimate of drug-likeness (QED) is 0.568. The van der Waals surface area contributed by atoms with Crippen molar-refractivity contribution in [1.82, 2.24) is 5.32 Å². The van der Waals surface area contributed by atoms with Crippen LogP contribution in [-0.4, -0.2) is 40.8 Å². The lowest BCUT2D eigenvalue weighted by Gasteiger charge is -2.23. The molecule has 0 aliphatic rings. The number of nitrogens with one attached hydrogen (secondary N) is 1. The molecule has 0 aromatic heterocycles. The Morgan fingerprint density at radius 3 is 2.32 bits per heavy atom. The molecule has 0 saturated heterocycles. The Balaban J connectivity index is 1.93. The maximum Gasteiger partial charge on any atom is 0.232 e. The third kappa shape index (κ3) is 7.47. The molecule has 0 radical (unpaired) electrons. The normalized spacial score (nSPS) is 11.1. The van der Waals surface area contributed by atoms with Crippen LogP contribution < -0.4 is 19.1 Å². The van der Waals surface area contributed by atoms with Crippen molar-refractivity contribution < 1.29 is 22.7 Å². The minimum atomic E-state index is -3.45. The molecule has 2 aromatic rings. The molecule has 170 valence electrons. The molecule has 0 atom stereocenters. The molecule has 7 nitrogen and oxygen atoms in total. The first-order valence-electron chi connectivity index (χ1n) is 10.3. The number of hydrogen-bond acceptors (Lipinski definition) is 5. The minimum absolute atomic E-state index is 0.136. The summed E-state index contributed by atoms with van der Waals surface area (Å²) >= 11 is 0. The fourth-order valence-electron chi connectivity index (χ4n) is 3.35. The lowest BCUT2D eigenvalue weighted by atomic mass is 10.1. The molecule has 31 heavy (non-hydrogen) atoms. The molecule has 0 heterocycles. The van der Waals surface area contributed by atoms with E-state index in [9.17, 15) is 13.2 Å². The van der Waals surface area contributed by atoms with E-state index >= 15 is 0 Å². The predicted molar refractivity (Wildman–Crippen MR) is 123 cm³/mol. The van der Waals surface area contributed by atoms with Crippen LogP contribution in [0.15, 0.2) is 36.4 Å². The van der Waals surface area contributed by atoms with E-state index < -0.39 is 10.0 Å². The van der Waals surface area contributed by atoms with Gasteiger partial charge in [0.25, 0.3) is 0 Å². The van der Waals surface area contributed by atoms with Crippen molar-refractivity contribution in [3.8, 4) is 11.5 Å². The highest BCUT2D eigenvalue weighted by Crippen LogP contribution is 2.28. The fourth-order valence-corrected chi connectivity index (χ4v) is 4.30. The molecule has 1 N–H and O–H groups in total. The Kier molecular flexibility index (Phi) is 8.74. The summed E-state index contributed by atoms with van der Waals surface area (Å²) in [6.07, 6.45) is 1.83. The molecule has 2 aromatic carbocycles. The van der Waals surface area contributed by atoms with Crippen LogP contribution in [0, 0.1) is 13.8 Å². The molecular formula is C23H32N2O5S. The second-order valence-electron chi connectivity index (χ2n) is 7.48. The zero-order valence-corrected chi connectivity index (χ0v) is 19.7. The van der Waals surface area contributed by atoms with Crippen LogP contribution in [0.2, 0.25) is 0 Å². The SMILES string of the molecule is CCOc1cc(CNC(=O)CCCN(c2cc(C)cc(C)c2)S(C)(=O)=O)ccc1OC. The predicted octanol–water partition coefficient (Wildman–Crippen LogP) is 3.57. The van der Waals surface area contributed by atoms with E-state index in [0.717, 1.165) is 16.7 Å². The molecule has 0 aliphatic carbocycles. The highest BCUT2D eigenvalue weighted by molar-refractivity contribution is 7.92. The number of aryl methyl sites for hydroxylation is 2. The van der Waals surface area contributed by atoms with Crippen molar-refractivity contribution >= 4 is 21.6 Å². The number of methoxy groups -OCH3 is 1. The van der Waals surface area contributed by atoms with E-state index in [0.29, 0.717) is 36.8 Å². The Morgan fingerprint density at radius 2 is 1.74 bits per heavy atom. The van der Waals surface area contributed by atoms with Gasteiger partial charge in [-0.15, -0.1) is 0 Å². The average Bonchev–Trinajstić information content (AvgIpc) is 2.68. The van der Waals surface area contributed by atoms with Crippen molar-refractivity contribution in [3.63, 3.8) is 0 Å². The molecular weight excluding hydrogens is 416 g/mol. The lowest BCUT2D eigenvalue weighted by Crippen LogP contribution is -2.32. The first kappa shape index (κ1) is 24.5. The lowest BCUT2D eigenvalue weighted by molar-refractivity contribution is -0.121. The summed E-state index contributed by atoms with van der Waals surface area (Å²) < 4.78 is 36.7. The van der Waals surface area contributed by atoms with Gasteiger partial charge in [-0.05, 0) is 68.1 Å². The van der Waals surface area contributed by atoms with Crippen molar-refractivity contribution in [2.75, 3.05) is 30.8 Å². The summed E-state index contributed by atoms with van der Waals surface area (Å²) in [5.74, 6) is 1.14. The fraction of sp³-hybridized carbons (Fsp3) is 0.435. The maximum absolute atomic E-state index is 12.3. The largest absolute Gasteiger partial charge is 0.493 e. The van der Waals surface area contributed by atoms with Crippen LogP contribution in [0.5, 0.6) is 11.5 Å². The highest BCUT2D eigenvalue weighted by Gasteiger charge is 2.18. The van der Waals surface area contributed by atoms with Gasteiger partial charge in [-0.1, -0.05) is 12.1 Å². The second-order valence-corrected chi connectivity index (χ2v) is 9.39. The van der Waals surface area contributed by atoms with Crippen LogP contribution in [0.4, 0.5) is 5.69 Å². The van der Waals surface area contributed by atoms with E-state index in [4.69, 9.17) is 9.47 Å². The van der Waals surface area contributed by atoms with Gasteiger partial charge in [0.15, 0.2) is 11.5 Å². The van der Waals surface area contributed by atoms with Gasteiger partial charge in [0, 0.05) is 19.5 Å². The van der Waals surface area contributed by atoms with Crippen LogP contribution in [0.1, 0.15) is 36.5 Å². The van der Waals surface area contributed by atoms with E-state index in [1.54, 1.807) is 13.2 Å². The standard InChI is InChI=1S/C23H32N2O5S/c1-6-30-22-15-19(9-10-21(22)29-4)16-24-23(26)8-7-11-25(31(5,27)28)20-13-17(2)12-18(3)14-20/h9-10,12-15H,6-8,11,16H2,1-5H3,(H,24,26). The van der Waals surface area contributed by atoms with Gasteiger partial charge < -0.3 is 14.8 Å². The topological polar surface area (TPSA) is 84.9 Å². The van der Waals surface area contributed by atoms with Crippen molar-refractivity contribution in [3.05, 3.63) is 53.1 Å². The van der Waals surface area contributed by atoms with Crippen LogP contribution in [-0.2, 0) is 21.4 Å². The molecule has 0 bridgehead atoms. The number of nitrogens with zero attached hydrogens (tertiary/aromatic N) is 1. The zero-order chi connectivity index (χ0) is 23.0. The number of hydrogen-bond donors (Lipinski definition) is 1. The Bertz CT molecular complexity index is 985. The summed E-state index contributed by atoms with van der Waals surface area (Å²) in [5, 5.41) is 2.87. The summed E-state index contributed by atoms with van der Waals surface area (Å²) in [6.45, 7) is 6.87. The summed E-state index contributed by atoms with van der Waals surface area (Å²) in [4.78, 5) is 12.3. The number of carbonyl (C=O) groups excluding carboxylic acids is 1. The number of benzene rings is 2. The maximum atomic E-state index is 12.3. The average molecular weight is 449 g/mol. The second kappa shape index (κ2) is 11.0. The zero-order valence-electron chi connectivity index (χ0n) is 18.9. The van der Waals surface area contributed by atoms with Gasteiger partial charge in [0.2, 0.25) is 15.9 Å². The molecule has 0 saturated carbocycles. The molecule has 0 spiro atoms. The number of anilines is 1. The van der Waals surface area contributed by atoms with E-state index in [-0.39, 0.29) is 18.9 Å². The monoisotopic (exact) mass is 448 g/mol. The first-order valence-corrected chi connectivity index (χ1v) is 12.1. The van der Waals surface area contributed by atoms with Crippen LogP contribution in [0.3, 0.4) is 0 Å². The Morgan fingerprint density at radius 1 is 1.06 bits per heavy atom. The number of carbonyl (C=O) groups is 1. The smallest absolute Gasteiger partial charge is 0.232 e. The Hall–Kier alpha value is -2.74. The minimum Gasteiger partial charge on any atom is -0.493 e. The van der Waals surface area contributed by atoms with Crippen LogP contribution in [0.25, 0.3) is 0 Å². The molecule has 0 unspecified atom stereocenters. The van der Waals surface area contributed by atoms with Crippen molar-refractivity contribution in [2.45, 2.75) is 40.2 Å². The molecule has 0 fully saturated rings. The van der Waals surface area contributed by atoms with E-state index in [1.165, 1.54) is 10.6 Å². The highest BCUT2D eigenvalue weighted by atomic mass is 32.2. The van der Waals surface area contributed by atoms with Crippen molar-refractivity contribution in [2.24, 2.45) is 0 Å². The van der Waals surface area contributed by atoms with Crippen LogP contribution >= 0.6 is 0 Å². The molecule has 2 rings (SSSR count). The number of amides is 1. The van der Waals surface area contributed by atoms with Gasteiger partial charge in [-0.2, -0.15) is 0 Å². The molecule has 8 heteroatoms. The third-order valence-electron chi connectivity index (χ3n) is 4.68. The Labute approximate surface area is 185 Å². The molecule has 1 amide bonds. The number of sulfonamides is 1. The van der Waals surface area contributed by atoms with E-state index in [2.05, 4.69) is 5.32 Å². The van der Waals surface area contributed by atoms with E-state index in [1.807, 2.05) is 51.1 Å². The van der Waals surface area contributed by atoms with Gasteiger partial charge in [-0.3, -0.25) is 9.10 Å².